The third kappa shape index (κ3) is 1.60. The van der Waals surface area contributed by atoms with E-state index in [0.717, 1.165) is 0 Å². The minimum absolute atomic E-state index is 0.0156. The number of carbonyl (C=O) groups excluding carboxylic acids is 1. The number of hydrogen-bond acceptors (Lipinski definition) is 3. The predicted molar refractivity (Wildman–Crippen MR) is 40.2 cm³/mol. The molecule has 0 aromatic rings. The molecular formula is C8H14O3. The first-order valence-electron chi connectivity index (χ1n) is 3.93. The van der Waals surface area contributed by atoms with Gasteiger partial charge in [-0.2, -0.15) is 0 Å². The molecule has 0 radical (unpaired) electrons. The zero-order valence-electron chi connectivity index (χ0n) is 7.22. The molecule has 1 heterocycles. The minimum atomic E-state index is -0.964. The summed E-state index contributed by atoms with van der Waals surface area (Å²) < 4.78 is 10.6. The molecule has 0 aliphatic carbocycles. The molecule has 11 heavy (non-hydrogen) atoms. The number of rotatable bonds is 2. The first-order chi connectivity index (χ1) is 5.08. The number of ether oxygens (including phenoxy) is 2. The van der Waals surface area contributed by atoms with Crippen LogP contribution in [-0.2, 0) is 14.3 Å². The largest absolute Gasteiger partial charge is 0.341 e. The smallest absolute Gasteiger partial charge is 0.226 e. The van der Waals surface area contributed by atoms with Gasteiger partial charge in [-0.05, 0) is 13.8 Å². The Bertz CT molecular complexity index is 167. The molecule has 0 aromatic heterocycles. The van der Waals surface area contributed by atoms with Crippen LogP contribution in [-0.4, -0.2) is 24.3 Å². The standard InChI is InChI=1S/C8H14O3/c1-4-7(9)8(3)10-5-6(2)11-8/h6H,4-5H2,1-3H3. The highest BCUT2D eigenvalue weighted by atomic mass is 16.7. The van der Waals surface area contributed by atoms with Crippen LogP contribution in [0.5, 0.6) is 0 Å². The zero-order valence-corrected chi connectivity index (χ0v) is 7.22. The van der Waals surface area contributed by atoms with E-state index in [9.17, 15) is 4.79 Å². The highest BCUT2D eigenvalue weighted by molar-refractivity contribution is 5.85. The van der Waals surface area contributed by atoms with Gasteiger partial charge in [0.05, 0.1) is 12.7 Å². The molecule has 0 saturated carbocycles. The number of hydrogen-bond donors (Lipinski definition) is 0. The Morgan fingerprint density at radius 1 is 1.73 bits per heavy atom. The Balaban J connectivity index is 2.61. The van der Waals surface area contributed by atoms with Crippen LogP contribution in [0.4, 0.5) is 0 Å². The van der Waals surface area contributed by atoms with E-state index in [1.807, 2.05) is 13.8 Å². The summed E-state index contributed by atoms with van der Waals surface area (Å²) in [5.41, 5.74) is 0. The molecule has 0 amide bonds. The predicted octanol–water partition coefficient (Wildman–Crippen LogP) is 1.12. The SMILES string of the molecule is CCC(=O)C1(C)OCC(C)O1. The molecule has 0 spiro atoms. The Morgan fingerprint density at radius 3 is 2.73 bits per heavy atom. The zero-order chi connectivity index (χ0) is 8.48. The second-order valence-electron chi connectivity index (χ2n) is 2.96. The van der Waals surface area contributed by atoms with Crippen molar-refractivity contribution in [1.82, 2.24) is 0 Å². The van der Waals surface area contributed by atoms with Crippen molar-refractivity contribution in [3.8, 4) is 0 Å². The second-order valence-corrected chi connectivity index (χ2v) is 2.96. The van der Waals surface area contributed by atoms with Gasteiger partial charge in [0, 0.05) is 6.42 Å². The fraction of sp³-hybridized carbons (Fsp3) is 0.875. The van der Waals surface area contributed by atoms with E-state index in [2.05, 4.69) is 0 Å². The van der Waals surface area contributed by atoms with E-state index in [1.54, 1.807) is 6.92 Å². The quantitative estimate of drug-likeness (QED) is 0.604. The molecule has 1 fully saturated rings. The van der Waals surface area contributed by atoms with Gasteiger partial charge in [0.25, 0.3) is 0 Å². The highest BCUT2D eigenvalue weighted by Gasteiger charge is 2.40. The van der Waals surface area contributed by atoms with E-state index in [1.165, 1.54) is 0 Å². The second kappa shape index (κ2) is 2.91. The first kappa shape index (κ1) is 8.68. The van der Waals surface area contributed by atoms with Crippen LogP contribution < -0.4 is 0 Å². The van der Waals surface area contributed by atoms with Crippen molar-refractivity contribution >= 4 is 5.78 Å². The van der Waals surface area contributed by atoms with Crippen LogP contribution in [0.1, 0.15) is 27.2 Å². The minimum Gasteiger partial charge on any atom is -0.341 e. The van der Waals surface area contributed by atoms with Crippen molar-refractivity contribution in [3.05, 3.63) is 0 Å². The maximum Gasteiger partial charge on any atom is 0.226 e. The fourth-order valence-electron chi connectivity index (χ4n) is 1.20. The van der Waals surface area contributed by atoms with Crippen molar-refractivity contribution in [2.45, 2.75) is 39.1 Å². The summed E-state index contributed by atoms with van der Waals surface area (Å²) in [5.74, 6) is -0.949. The molecule has 1 aliphatic heterocycles. The molecule has 2 unspecified atom stereocenters. The van der Waals surface area contributed by atoms with E-state index >= 15 is 0 Å². The Kier molecular flexibility index (Phi) is 2.30. The van der Waals surface area contributed by atoms with Gasteiger partial charge in [-0.25, -0.2) is 0 Å². The van der Waals surface area contributed by atoms with Gasteiger partial charge in [-0.15, -0.1) is 0 Å². The van der Waals surface area contributed by atoms with Crippen LogP contribution in [0.2, 0.25) is 0 Å². The monoisotopic (exact) mass is 158 g/mol. The lowest BCUT2D eigenvalue weighted by atomic mass is 10.1. The molecule has 0 bridgehead atoms. The average molecular weight is 158 g/mol. The highest BCUT2D eigenvalue weighted by Crippen LogP contribution is 2.24. The van der Waals surface area contributed by atoms with Crippen molar-refractivity contribution in [3.63, 3.8) is 0 Å². The summed E-state index contributed by atoms with van der Waals surface area (Å²) in [6.07, 6.45) is 0.499. The van der Waals surface area contributed by atoms with Crippen molar-refractivity contribution in [1.29, 1.82) is 0 Å². The lowest BCUT2D eigenvalue weighted by Crippen LogP contribution is -2.36. The summed E-state index contributed by atoms with van der Waals surface area (Å²) in [7, 11) is 0. The van der Waals surface area contributed by atoms with Gasteiger partial charge in [-0.3, -0.25) is 4.79 Å². The van der Waals surface area contributed by atoms with Crippen LogP contribution >= 0.6 is 0 Å². The number of Topliss-reactive ketones (excluding diaryl/α,β-unsaturated/α-hetero) is 1. The molecule has 0 N–H and O–H groups in total. The Morgan fingerprint density at radius 2 is 2.36 bits per heavy atom. The third-order valence-corrected chi connectivity index (χ3v) is 1.85. The summed E-state index contributed by atoms with van der Waals surface area (Å²) in [4.78, 5) is 11.2. The fourth-order valence-corrected chi connectivity index (χ4v) is 1.20. The first-order valence-corrected chi connectivity index (χ1v) is 3.93. The topological polar surface area (TPSA) is 35.5 Å². The van der Waals surface area contributed by atoms with Gasteiger partial charge < -0.3 is 9.47 Å². The van der Waals surface area contributed by atoms with E-state index in [4.69, 9.17) is 9.47 Å². The molecule has 0 aromatic carbocycles. The van der Waals surface area contributed by atoms with Gasteiger partial charge in [-0.1, -0.05) is 6.92 Å². The van der Waals surface area contributed by atoms with Crippen LogP contribution in [0, 0.1) is 0 Å². The summed E-state index contributed by atoms with van der Waals surface area (Å²) in [6.45, 7) is 5.90. The molecule has 3 nitrogen and oxygen atoms in total. The van der Waals surface area contributed by atoms with Crippen LogP contribution in [0.15, 0.2) is 0 Å². The molecule has 3 heteroatoms. The van der Waals surface area contributed by atoms with Gasteiger partial charge in [0.15, 0.2) is 5.78 Å². The normalized spacial score (nSPS) is 37.5. The average Bonchev–Trinajstić information content (AvgIpc) is 2.31. The van der Waals surface area contributed by atoms with Gasteiger partial charge in [0.2, 0.25) is 5.79 Å². The number of ketones is 1. The van der Waals surface area contributed by atoms with Crippen LogP contribution in [0.3, 0.4) is 0 Å². The van der Waals surface area contributed by atoms with Gasteiger partial charge in [0.1, 0.15) is 0 Å². The maximum atomic E-state index is 11.2. The molecular weight excluding hydrogens is 144 g/mol. The summed E-state index contributed by atoms with van der Waals surface area (Å²) >= 11 is 0. The maximum absolute atomic E-state index is 11.2. The third-order valence-electron chi connectivity index (χ3n) is 1.85. The molecule has 1 aliphatic rings. The number of carbonyl (C=O) groups is 1. The molecule has 64 valence electrons. The van der Waals surface area contributed by atoms with Crippen molar-refractivity contribution in [2.24, 2.45) is 0 Å². The molecule has 1 rings (SSSR count). The molecule has 1 saturated heterocycles. The Labute approximate surface area is 66.7 Å². The van der Waals surface area contributed by atoms with Crippen LogP contribution in [0.25, 0.3) is 0 Å². The van der Waals surface area contributed by atoms with E-state index < -0.39 is 5.79 Å². The van der Waals surface area contributed by atoms with E-state index in [0.29, 0.717) is 13.0 Å². The molecule has 2 atom stereocenters. The summed E-state index contributed by atoms with van der Waals surface area (Å²) in [6, 6.07) is 0. The van der Waals surface area contributed by atoms with E-state index in [-0.39, 0.29) is 11.9 Å². The lowest BCUT2D eigenvalue weighted by molar-refractivity contribution is -0.177. The van der Waals surface area contributed by atoms with Crippen molar-refractivity contribution < 1.29 is 14.3 Å². The summed E-state index contributed by atoms with van der Waals surface area (Å²) in [5, 5.41) is 0. The van der Waals surface area contributed by atoms with Crippen molar-refractivity contribution in [2.75, 3.05) is 6.61 Å². The lowest BCUT2D eigenvalue weighted by Gasteiger charge is -2.19. The Hall–Kier alpha value is -0.410. The van der Waals surface area contributed by atoms with Gasteiger partial charge >= 0.3 is 0 Å².